The minimum Gasteiger partial charge on any atom is -0.465 e. The Morgan fingerprint density at radius 2 is 2.00 bits per heavy atom. The van der Waals surface area contributed by atoms with Crippen LogP contribution in [0.1, 0.15) is 26.7 Å². The first-order chi connectivity index (χ1) is 9.51. The third-order valence-corrected chi connectivity index (χ3v) is 2.59. The van der Waals surface area contributed by atoms with E-state index in [1.807, 2.05) is 0 Å². The van der Waals surface area contributed by atoms with Crippen molar-refractivity contribution in [3.05, 3.63) is 53.2 Å². The standard InChI is InChI=1S/C14H12FNO4/c1-8-3-6-12(20-8)13(17)16-9-4-5-11(15)10(7-9)14(18)19-2/h3-7H,1-2H3,(H,16,17). The van der Waals surface area contributed by atoms with Crippen LogP contribution in [0.4, 0.5) is 10.1 Å². The predicted molar refractivity (Wildman–Crippen MR) is 69.1 cm³/mol. The normalized spacial score (nSPS) is 10.2. The first-order valence-corrected chi connectivity index (χ1v) is 5.77. The van der Waals surface area contributed by atoms with Crippen LogP contribution in [0.3, 0.4) is 0 Å². The number of esters is 1. The first-order valence-electron chi connectivity index (χ1n) is 5.77. The molecule has 2 rings (SSSR count). The van der Waals surface area contributed by atoms with Gasteiger partial charge in [-0.15, -0.1) is 0 Å². The van der Waals surface area contributed by atoms with Crippen LogP contribution in [0.5, 0.6) is 0 Å². The largest absolute Gasteiger partial charge is 0.465 e. The van der Waals surface area contributed by atoms with Crippen molar-refractivity contribution in [2.24, 2.45) is 0 Å². The summed E-state index contributed by atoms with van der Waals surface area (Å²) in [4.78, 5) is 23.2. The van der Waals surface area contributed by atoms with Gasteiger partial charge in [-0.2, -0.15) is 0 Å². The van der Waals surface area contributed by atoms with E-state index in [-0.39, 0.29) is 17.0 Å². The van der Waals surface area contributed by atoms with Crippen molar-refractivity contribution >= 4 is 17.6 Å². The van der Waals surface area contributed by atoms with Gasteiger partial charge in [0.15, 0.2) is 5.76 Å². The highest BCUT2D eigenvalue weighted by atomic mass is 19.1. The number of benzene rings is 1. The number of ether oxygens (including phenoxy) is 1. The lowest BCUT2D eigenvalue weighted by Crippen LogP contribution is -2.12. The maximum Gasteiger partial charge on any atom is 0.340 e. The van der Waals surface area contributed by atoms with E-state index in [0.717, 1.165) is 13.2 Å². The molecular formula is C14H12FNO4. The van der Waals surface area contributed by atoms with E-state index in [9.17, 15) is 14.0 Å². The van der Waals surface area contributed by atoms with Gasteiger partial charge in [0, 0.05) is 5.69 Å². The highest BCUT2D eigenvalue weighted by Crippen LogP contribution is 2.17. The van der Waals surface area contributed by atoms with Crippen molar-refractivity contribution in [3.63, 3.8) is 0 Å². The fraction of sp³-hybridized carbons (Fsp3) is 0.143. The number of carbonyl (C=O) groups excluding carboxylic acids is 2. The number of methoxy groups -OCH3 is 1. The number of hydrogen-bond donors (Lipinski definition) is 1. The zero-order valence-corrected chi connectivity index (χ0v) is 10.9. The van der Waals surface area contributed by atoms with Gasteiger partial charge >= 0.3 is 5.97 Å². The maximum absolute atomic E-state index is 13.4. The molecule has 0 fully saturated rings. The van der Waals surface area contributed by atoms with Crippen LogP contribution in [0.25, 0.3) is 0 Å². The van der Waals surface area contributed by atoms with Gasteiger partial charge in [0.05, 0.1) is 12.7 Å². The van der Waals surface area contributed by atoms with Crippen LogP contribution < -0.4 is 5.32 Å². The van der Waals surface area contributed by atoms with E-state index in [4.69, 9.17) is 4.42 Å². The molecule has 1 N–H and O–H groups in total. The van der Waals surface area contributed by atoms with Gasteiger partial charge in [-0.1, -0.05) is 0 Å². The monoisotopic (exact) mass is 277 g/mol. The van der Waals surface area contributed by atoms with Gasteiger partial charge < -0.3 is 14.5 Å². The van der Waals surface area contributed by atoms with Crippen LogP contribution in [-0.2, 0) is 4.74 Å². The van der Waals surface area contributed by atoms with Gasteiger partial charge in [-0.05, 0) is 37.3 Å². The number of aryl methyl sites for hydroxylation is 1. The second-order valence-electron chi connectivity index (χ2n) is 4.05. The number of hydrogen-bond acceptors (Lipinski definition) is 4. The molecule has 1 aromatic carbocycles. The highest BCUT2D eigenvalue weighted by molar-refractivity contribution is 6.03. The summed E-state index contributed by atoms with van der Waals surface area (Å²) in [7, 11) is 1.15. The molecule has 0 saturated carbocycles. The van der Waals surface area contributed by atoms with Crippen molar-refractivity contribution < 1.29 is 23.1 Å². The first kappa shape index (κ1) is 13.8. The molecule has 20 heavy (non-hydrogen) atoms. The Morgan fingerprint density at radius 3 is 2.60 bits per heavy atom. The lowest BCUT2D eigenvalue weighted by Gasteiger charge is -2.06. The van der Waals surface area contributed by atoms with E-state index < -0.39 is 17.7 Å². The van der Waals surface area contributed by atoms with Crippen LogP contribution in [0.2, 0.25) is 0 Å². The molecule has 0 bridgehead atoms. The summed E-state index contributed by atoms with van der Waals surface area (Å²) in [5.74, 6) is -1.28. The van der Waals surface area contributed by atoms with Crippen LogP contribution in [0.15, 0.2) is 34.7 Å². The van der Waals surface area contributed by atoms with E-state index in [0.29, 0.717) is 5.76 Å². The lowest BCUT2D eigenvalue weighted by atomic mass is 10.2. The van der Waals surface area contributed by atoms with E-state index in [1.54, 1.807) is 13.0 Å². The molecule has 0 spiro atoms. The van der Waals surface area contributed by atoms with Crippen molar-refractivity contribution in [2.45, 2.75) is 6.92 Å². The van der Waals surface area contributed by atoms with E-state index in [2.05, 4.69) is 10.1 Å². The van der Waals surface area contributed by atoms with Gasteiger partial charge in [0.25, 0.3) is 5.91 Å². The molecule has 0 aliphatic carbocycles. The number of halogens is 1. The van der Waals surface area contributed by atoms with Crippen molar-refractivity contribution in [1.82, 2.24) is 0 Å². The molecule has 6 heteroatoms. The Hall–Kier alpha value is -2.63. The quantitative estimate of drug-likeness (QED) is 0.876. The summed E-state index contributed by atoms with van der Waals surface area (Å²) >= 11 is 0. The topological polar surface area (TPSA) is 68.5 Å². The number of nitrogens with one attached hydrogen (secondary N) is 1. The van der Waals surface area contributed by atoms with Crippen molar-refractivity contribution in [3.8, 4) is 0 Å². The Labute approximate surface area is 114 Å². The summed E-state index contributed by atoms with van der Waals surface area (Å²) in [5, 5.41) is 2.51. The second kappa shape index (κ2) is 5.56. The van der Waals surface area contributed by atoms with Crippen LogP contribution >= 0.6 is 0 Å². The Balaban J connectivity index is 2.22. The number of furan rings is 1. The number of anilines is 1. The highest BCUT2D eigenvalue weighted by Gasteiger charge is 2.15. The molecule has 2 aromatic rings. The van der Waals surface area contributed by atoms with Crippen LogP contribution in [-0.4, -0.2) is 19.0 Å². The average molecular weight is 277 g/mol. The number of amides is 1. The molecule has 0 atom stereocenters. The van der Waals surface area contributed by atoms with Crippen molar-refractivity contribution in [1.29, 1.82) is 0 Å². The molecule has 1 amide bonds. The minimum atomic E-state index is -0.813. The third-order valence-electron chi connectivity index (χ3n) is 2.59. The number of rotatable bonds is 3. The van der Waals surface area contributed by atoms with Crippen molar-refractivity contribution in [2.75, 3.05) is 12.4 Å². The lowest BCUT2D eigenvalue weighted by molar-refractivity contribution is 0.0595. The molecule has 0 aliphatic rings. The molecule has 0 aliphatic heterocycles. The third kappa shape index (κ3) is 2.85. The van der Waals surface area contributed by atoms with Crippen LogP contribution in [0, 0.1) is 12.7 Å². The SMILES string of the molecule is COC(=O)c1cc(NC(=O)c2ccc(C)o2)ccc1F. The summed E-state index contributed by atoms with van der Waals surface area (Å²) in [5.41, 5.74) is 0.0202. The Bertz CT molecular complexity index is 663. The Kier molecular flexibility index (Phi) is 3.84. The second-order valence-corrected chi connectivity index (χ2v) is 4.05. The van der Waals surface area contributed by atoms with E-state index >= 15 is 0 Å². The molecule has 104 valence electrons. The fourth-order valence-corrected chi connectivity index (χ4v) is 1.62. The molecule has 0 saturated heterocycles. The molecule has 0 unspecified atom stereocenters. The fourth-order valence-electron chi connectivity index (χ4n) is 1.62. The maximum atomic E-state index is 13.4. The summed E-state index contributed by atoms with van der Waals surface area (Å²) in [6.45, 7) is 1.71. The van der Waals surface area contributed by atoms with Gasteiger partial charge in [-0.3, -0.25) is 4.79 Å². The summed E-state index contributed by atoms with van der Waals surface area (Å²) in [6, 6.07) is 6.80. The molecule has 0 radical (unpaired) electrons. The summed E-state index contributed by atoms with van der Waals surface area (Å²) in [6.07, 6.45) is 0. The molecule has 5 nitrogen and oxygen atoms in total. The smallest absolute Gasteiger partial charge is 0.340 e. The molecular weight excluding hydrogens is 265 g/mol. The zero-order valence-electron chi connectivity index (χ0n) is 10.9. The minimum absolute atomic E-state index is 0.131. The van der Waals surface area contributed by atoms with Gasteiger partial charge in [-0.25, -0.2) is 9.18 Å². The average Bonchev–Trinajstić information content (AvgIpc) is 2.87. The molecule has 1 aromatic heterocycles. The summed E-state index contributed by atoms with van der Waals surface area (Å²) < 4.78 is 23.1. The van der Waals surface area contributed by atoms with Gasteiger partial charge in [0.2, 0.25) is 0 Å². The number of carbonyl (C=O) groups is 2. The predicted octanol–water partition coefficient (Wildman–Crippen LogP) is 2.77. The molecule has 1 heterocycles. The van der Waals surface area contributed by atoms with E-state index in [1.165, 1.54) is 18.2 Å². The zero-order chi connectivity index (χ0) is 14.7. The Morgan fingerprint density at radius 1 is 1.25 bits per heavy atom. The van der Waals surface area contributed by atoms with Gasteiger partial charge in [0.1, 0.15) is 11.6 Å².